The highest BCUT2D eigenvalue weighted by atomic mass is 35.5. The van der Waals surface area contributed by atoms with Gasteiger partial charge in [0.15, 0.2) is 0 Å². The molecule has 0 bridgehead atoms. The van der Waals surface area contributed by atoms with E-state index in [0.29, 0.717) is 48.1 Å². The SMILES string of the molecule is O=C(O)C(F)(F)F.O=C(O)c1ccc(NC(=O)[C@@H]2C[C@H](N3CCOCC3)CN2C(=O)/C=C/c2cc(Cl)ccc2-n2cnnn2)cc1. The summed E-state index contributed by atoms with van der Waals surface area (Å²) in [6.07, 6.45) is -0.124. The maximum Gasteiger partial charge on any atom is 0.490 e. The van der Waals surface area contributed by atoms with E-state index in [4.69, 9.17) is 31.3 Å². The van der Waals surface area contributed by atoms with Gasteiger partial charge in [0.2, 0.25) is 11.8 Å². The maximum absolute atomic E-state index is 13.5. The lowest BCUT2D eigenvalue weighted by atomic mass is 10.1. The molecule has 3 N–H and O–H groups in total. The molecule has 46 heavy (non-hydrogen) atoms. The van der Waals surface area contributed by atoms with Gasteiger partial charge in [0.25, 0.3) is 0 Å². The number of rotatable bonds is 7. The van der Waals surface area contributed by atoms with Gasteiger partial charge in [-0.2, -0.15) is 17.9 Å². The molecule has 3 heterocycles. The monoisotopic (exact) mass is 665 g/mol. The van der Waals surface area contributed by atoms with E-state index in [1.54, 1.807) is 29.2 Å². The standard InChI is InChI=1S/C26H26ClN7O5.C2HF3O2/c27-19-4-7-22(34-16-28-30-31-34)18(13-19)3-8-24(35)33-15-21(32-9-11-39-12-10-32)14-23(33)25(36)29-20-5-1-17(2-6-20)26(37)38;3-2(4,5)1(6)7/h1-8,13,16,21,23H,9-12,14-15H2,(H,29,36)(H,37,38);(H,6,7)/b8-3+;/t21-,23-;/m0./s1. The topological polar surface area (TPSA) is 180 Å². The number of morpholine rings is 1. The predicted molar refractivity (Wildman–Crippen MR) is 155 cm³/mol. The van der Waals surface area contributed by atoms with Gasteiger partial charge in [0.1, 0.15) is 12.4 Å². The van der Waals surface area contributed by atoms with Crippen LogP contribution >= 0.6 is 11.6 Å². The smallest absolute Gasteiger partial charge is 0.478 e. The van der Waals surface area contributed by atoms with Crippen LogP contribution in [0, 0.1) is 0 Å². The lowest BCUT2D eigenvalue weighted by Gasteiger charge is -2.31. The fourth-order valence-corrected chi connectivity index (χ4v) is 5.01. The van der Waals surface area contributed by atoms with Gasteiger partial charge in [-0.3, -0.25) is 14.5 Å². The number of nitrogens with zero attached hydrogens (tertiary/aromatic N) is 6. The Morgan fingerprint density at radius 2 is 1.72 bits per heavy atom. The lowest BCUT2D eigenvalue weighted by Crippen LogP contribution is -2.45. The Kier molecular flexibility index (Phi) is 11.0. The van der Waals surface area contributed by atoms with Gasteiger partial charge in [0.05, 0.1) is 24.5 Å². The molecule has 5 rings (SSSR count). The Morgan fingerprint density at radius 1 is 1.04 bits per heavy atom. The zero-order valence-corrected chi connectivity index (χ0v) is 24.6. The summed E-state index contributed by atoms with van der Waals surface area (Å²) >= 11 is 6.20. The molecule has 2 aliphatic rings. The molecule has 2 atom stereocenters. The third kappa shape index (κ3) is 8.86. The van der Waals surface area contributed by atoms with Crippen molar-refractivity contribution in [3.8, 4) is 5.69 Å². The molecule has 3 aromatic rings. The van der Waals surface area contributed by atoms with Crippen molar-refractivity contribution in [3.05, 3.63) is 71.0 Å². The van der Waals surface area contributed by atoms with E-state index < -0.39 is 24.2 Å². The summed E-state index contributed by atoms with van der Waals surface area (Å²) in [5, 5.41) is 30.8. The number of tetrazole rings is 1. The van der Waals surface area contributed by atoms with Crippen LogP contribution in [0.3, 0.4) is 0 Å². The zero-order valence-electron chi connectivity index (χ0n) is 23.8. The van der Waals surface area contributed by atoms with Gasteiger partial charge in [-0.25, -0.2) is 9.59 Å². The number of hydrogen-bond acceptors (Lipinski definition) is 9. The van der Waals surface area contributed by atoms with E-state index in [-0.39, 0.29) is 23.4 Å². The molecule has 2 amide bonds. The molecule has 244 valence electrons. The number of carboxylic acids is 2. The summed E-state index contributed by atoms with van der Waals surface area (Å²) in [6.45, 7) is 3.04. The number of ether oxygens (including phenoxy) is 1. The van der Waals surface area contributed by atoms with Crippen molar-refractivity contribution in [3.63, 3.8) is 0 Å². The van der Waals surface area contributed by atoms with Crippen LogP contribution in [0.15, 0.2) is 54.9 Å². The summed E-state index contributed by atoms with van der Waals surface area (Å²) in [4.78, 5) is 50.7. The number of amides is 2. The Morgan fingerprint density at radius 3 is 2.30 bits per heavy atom. The number of aliphatic carboxylic acids is 1. The molecule has 2 saturated heterocycles. The average Bonchev–Trinajstić information content (AvgIpc) is 3.72. The molecule has 2 aromatic carbocycles. The highest BCUT2D eigenvalue weighted by Gasteiger charge is 2.41. The quantitative estimate of drug-likeness (QED) is 0.316. The lowest BCUT2D eigenvalue weighted by molar-refractivity contribution is -0.192. The molecule has 2 aliphatic heterocycles. The molecule has 18 heteroatoms. The van der Waals surface area contributed by atoms with Gasteiger partial charge in [-0.15, -0.1) is 5.10 Å². The van der Waals surface area contributed by atoms with Crippen molar-refractivity contribution in [2.45, 2.75) is 24.7 Å². The summed E-state index contributed by atoms with van der Waals surface area (Å²) in [5.74, 6) is -4.47. The number of carbonyl (C=O) groups is 4. The van der Waals surface area contributed by atoms with E-state index in [1.807, 2.05) is 0 Å². The number of nitrogens with one attached hydrogen (secondary N) is 1. The second-order valence-electron chi connectivity index (χ2n) is 10.0. The fourth-order valence-electron chi connectivity index (χ4n) is 4.83. The van der Waals surface area contributed by atoms with Gasteiger partial charge in [0, 0.05) is 48.0 Å². The third-order valence-corrected chi connectivity index (χ3v) is 7.29. The first-order valence-corrected chi connectivity index (χ1v) is 14.0. The number of benzene rings is 2. The number of carbonyl (C=O) groups excluding carboxylic acids is 2. The van der Waals surface area contributed by atoms with Crippen LogP contribution in [0.4, 0.5) is 18.9 Å². The second kappa shape index (κ2) is 14.9. The van der Waals surface area contributed by atoms with Gasteiger partial charge in [-0.05, 0) is 65.4 Å². The summed E-state index contributed by atoms with van der Waals surface area (Å²) < 4.78 is 38.7. The molecule has 0 unspecified atom stereocenters. The minimum absolute atomic E-state index is 0.000611. The minimum Gasteiger partial charge on any atom is -0.478 e. The summed E-state index contributed by atoms with van der Waals surface area (Å²) in [6, 6.07) is 10.3. The van der Waals surface area contributed by atoms with Crippen LogP contribution in [0.1, 0.15) is 22.3 Å². The first-order chi connectivity index (χ1) is 21.8. The van der Waals surface area contributed by atoms with Crippen LogP contribution < -0.4 is 5.32 Å². The normalized spacial score (nSPS) is 18.6. The van der Waals surface area contributed by atoms with Crippen molar-refractivity contribution >= 4 is 47.1 Å². The van der Waals surface area contributed by atoms with Crippen molar-refractivity contribution in [2.75, 3.05) is 38.2 Å². The molecule has 14 nitrogen and oxygen atoms in total. The number of likely N-dealkylation sites (tertiary alicyclic amines) is 1. The summed E-state index contributed by atoms with van der Waals surface area (Å²) in [7, 11) is 0. The highest BCUT2D eigenvalue weighted by molar-refractivity contribution is 6.30. The highest BCUT2D eigenvalue weighted by Crippen LogP contribution is 2.26. The Labute approximate surface area is 264 Å². The fraction of sp³-hybridized carbons (Fsp3) is 0.321. The van der Waals surface area contributed by atoms with E-state index in [9.17, 15) is 27.6 Å². The van der Waals surface area contributed by atoms with Gasteiger partial charge < -0.3 is 25.2 Å². The molecule has 0 aliphatic carbocycles. The Bertz CT molecular complexity index is 1580. The number of anilines is 1. The van der Waals surface area contributed by atoms with Crippen molar-refractivity contribution in [1.82, 2.24) is 30.0 Å². The molecule has 0 radical (unpaired) electrons. The Hall–Kier alpha value is -4.87. The van der Waals surface area contributed by atoms with Gasteiger partial charge in [-0.1, -0.05) is 11.6 Å². The average molecular weight is 666 g/mol. The molecule has 2 fully saturated rings. The van der Waals surface area contributed by atoms with Crippen LogP contribution in [0.5, 0.6) is 0 Å². The Balaban J connectivity index is 0.000000617. The molecule has 0 spiro atoms. The number of hydrogen-bond donors (Lipinski definition) is 3. The van der Waals surface area contributed by atoms with E-state index in [0.717, 1.165) is 13.1 Å². The predicted octanol–water partition coefficient (Wildman–Crippen LogP) is 2.60. The third-order valence-electron chi connectivity index (χ3n) is 7.06. The van der Waals surface area contributed by atoms with Crippen molar-refractivity contribution < 1.29 is 47.3 Å². The van der Waals surface area contributed by atoms with E-state index in [1.165, 1.54) is 41.4 Å². The van der Waals surface area contributed by atoms with Crippen molar-refractivity contribution in [2.24, 2.45) is 0 Å². The number of aromatic carboxylic acids is 1. The first-order valence-electron chi connectivity index (χ1n) is 13.6. The molecular weight excluding hydrogens is 639 g/mol. The van der Waals surface area contributed by atoms with Crippen LogP contribution in [-0.2, 0) is 19.1 Å². The van der Waals surface area contributed by atoms with Gasteiger partial charge >= 0.3 is 18.1 Å². The maximum atomic E-state index is 13.5. The number of halogens is 4. The van der Waals surface area contributed by atoms with Crippen LogP contribution in [-0.4, -0.2) is 115 Å². The summed E-state index contributed by atoms with van der Waals surface area (Å²) in [5.41, 5.74) is 1.84. The van der Waals surface area contributed by atoms with Crippen molar-refractivity contribution in [1.29, 1.82) is 0 Å². The number of aromatic nitrogens is 4. The van der Waals surface area contributed by atoms with E-state index in [2.05, 4.69) is 25.7 Å². The molecular formula is C28H27ClF3N7O7. The van der Waals surface area contributed by atoms with E-state index >= 15 is 0 Å². The molecule has 1 aromatic heterocycles. The zero-order chi connectivity index (χ0) is 33.4. The van der Waals surface area contributed by atoms with Crippen LogP contribution in [0.2, 0.25) is 5.02 Å². The number of carboxylic acid groups (broad SMARTS) is 2. The minimum atomic E-state index is -5.08. The molecule has 0 saturated carbocycles. The number of alkyl halides is 3. The largest absolute Gasteiger partial charge is 0.490 e. The van der Waals surface area contributed by atoms with Crippen LogP contribution in [0.25, 0.3) is 11.8 Å². The first kappa shape index (κ1) is 34.0. The second-order valence-corrected chi connectivity index (χ2v) is 10.4.